The van der Waals surface area contributed by atoms with Crippen molar-refractivity contribution in [1.29, 1.82) is 0 Å². The normalized spacial score (nSPS) is 16.8. The van der Waals surface area contributed by atoms with Crippen molar-refractivity contribution in [3.63, 3.8) is 0 Å². The summed E-state index contributed by atoms with van der Waals surface area (Å²) in [4.78, 5) is 20.4. The molecule has 29 heavy (non-hydrogen) atoms. The van der Waals surface area contributed by atoms with Gasteiger partial charge in [-0.2, -0.15) is 0 Å². The van der Waals surface area contributed by atoms with Crippen LogP contribution in [0.1, 0.15) is 38.8 Å². The molecule has 0 bridgehead atoms. The summed E-state index contributed by atoms with van der Waals surface area (Å²) >= 11 is 7.45. The smallest absolute Gasteiger partial charge is 0.251 e. The molecule has 3 aromatic rings. The first-order valence-electron chi connectivity index (χ1n) is 9.51. The average molecular weight is 430 g/mol. The minimum Gasteiger partial charge on any atom is -0.347 e. The Labute approximate surface area is 178 Å². The van der Waals surface area contributed by atoms with Gasteiger partial charge in [0.1, 0.15) is 5.82 Å². The molecule has 1 aliphatic heterocycles. The van der Waals surface area contributed by atoms with Crippen molar-refractivity contribution in [3.05, 3.63) is 86.6 Å². The molecule has 2 aromatic carbocycles. The highest BCUT2D eigenvalue weighted by Crippen LogP contribution is 2.31. The maximum absolute atomic E-state index is 13.1. The topological polar surface area (TPSA) is 45.2 Å². The van der Waals surface area contributed by atoms with Gasteiger partial charge >= 0.3 is 0 Å². The summed E-state index contributed by atoms with van der Waals surface area (Å²) in [5, 5.41) is 3.59. The second kappa shape index (κ2) is 9.03. The Morgan fingerprint density at radius 2 is 1.97 bits per heavy atom. The van der Waals surface area contributed by atoms with Crippen LogP contribution in [-0.4, -0.2) is 28.9 Å². The van der Waals surface area contributed by atoms with E-state index in [4.69, 9.17) is 11.6 Å². The van der Waals surface area contributed by atoms with Gasteiger partial charge in [-0.1, -0.05) is 23.7 Å². The van der Waals surface area contributed by atoms with Gasteiger partial charge < -0.3 is 5.32 Å². The third-order valence-corrected chi connectivity index (χ3v) is 6.27. The van der Waals surface area contributed by atoms with Crippen molar-refractivity contribution in [2.45, 2.75) is 25.4 Å². The lowest BCUT2D eigenvalue weighted by molar-refractivity contribution is 0.0951. The predicted octanol–water partition coefficient (Wildman–Crippen LogP) is 4.86. The van der Waals surface area contributed by atoms with Crippen LogP contribution in [0.15, 0.2) is 54.0 Å². The summed E-state index contributed by atoms with van der Waals surface area (Å²) in [6.07, 6.45) is 1.03. The number of nitrogens with zero attached hydrogens (tertiary/aromatic N) is 2. The maximum Gasteiger partial charge on any atom is 0.251 e. The summed E-state index contributed by atoms with van der Waals surface area (Å²) in [6.45, 7) is 3.18. The molecule has 7 heteroatoms. The zero-order valence-electron chi connectivity index (χ0n) is 15.8. The standard InChI is InChI=1S/C22H21ClFN3OS/c23-18-5-3-16(4-6-18)22(28)25-11-20-21(26-14-29-20)17-9-10-27(13-17)12-15-1-7-19(24)8-2-15/h1-8,14,17H,9-13H2,(H,25,28). The molecule has 150 valence electrons. The van der Waals surface area contributed by atoms with E-state index in [1.54, 1.807) is 35.6 Å². The van der Waals surface area contributed by atoms with E-state index in [9.17, 15) is 9.18 Å². The Morgan fingerprint density at radius 1 is 1.21 bits per heavy atom. The SMILES string of the molecule is O=C(NCc1scnc1C1CCN(Cc2ccc(F)cc2)C1)c1ccc(Cl)cc1. The van der Waals surface area contributed by atoms with E-state index in [0.29, 0.717) is 23.0 Å². The van der Waals surface area contributed by atoms with Crippen molar-refractivity contribution in [1.82, 2.24) is 15.2 Å². The molecule has 1 saturated heterocycles. The van der Waals surface area contributed by atoms with E-state index in [0.717, 1.165) is 42.2 Å². The monoisotopic (exact) mass is 429 g/mol. The van der Waals surface area contributed by atoms with Gasteiger partial charge in [0.25, 0.3) is 5.91 Å². The molecule has 4 rings (SSSR count). The summed E-state index contributed by atoms with van der Waals surface area (Å²) in [5.41, 5.74) is 4.63. The van der Waals surface area contributed by atoms with Crippen LogP contribution in [0.2, 0.25) is 5.02 Å². The van der Waals surface area contributed by atoms with Crippen LogP contribution >= 0.6 is 22.9 Å². The van der Waals surface area contributed by atoms with Crippen LogP contribution in [0.5, 0.6) is 0 Å². The molecule has 0 aliphatic carbocycles. The molecule has 0 radical (unpaired) electrons. The Morgan fingerprint density at radius 3 is 2.72 bits per heavy atom. The fourth-order valence-electron chi connectivity index (χ4n) is 3.66. The van der Waals surface area contributed by atoms with E-state index in [1.165, 1.54) is 12.1 Å². The molecule has 2 heterocycles. The van der Waals surface area contributed by atoms with Gasteiger partial charge in [-0.25, -0.2) is 9.37 Å². The number of rotatable bonds is 6. The molecule has 1 atom stereocenters. The molecule has 1 fully saturated rings. The van der Waals surface area contributed by atoms with Gasteiger partial charge in [0.05, 0.1) is 17.7 Å². The number of carbonyl (C=O) groups is 1. The van der Waals surface area contributed by atoms with Crippen LogP contribution in [0.25, 0.3) is 0 Å². The first kappa shape index (κ1) is 20.0. The average Bonchev–Trinajstić information content (AvgIpc) is 3.37. The van der Waals surface area contributed by atoms with Crippen molar-refractivity contribution in [3.8, 4) is 0 Å². The number of halogens is 2. The Kier molecular flexibility index (Phi) is 6.23. The van der Waals surface area contributed by atoms with Gasteiger partial charge in [-0.05, 0) is 54.9 Å². The third-order valence-electron chi connectivity index (χ3n) is 5.17. The highest BCUT2D eigenvalue weighted by Gasteiger charge is 2.27. The number of likely N-dealkylation sites (tertiary alicyclic amines) is 1. The third kappa shape index (κ3) is 5.01. The van der Waals surface area contributed by atoms with Gasteiger partial charge in [0, 0.05) is 34.5 Å². The van der Waals surface area contributed by atoms with Crippen molar-refractivity contribution < 1.29 is 9.18 Å². The highest BCUT2D eigenvalue weighted by molar-refractivity contribution is 7.09. The number of benzene rings is 2. The van der Waals surface area contributed by atoms with Crippen molar-refractivity contribution in [2.75, 3.05) is 13.1 Å². The highest BCUT2D eigenvalue weighted by atomic mass is 35.5. The van der Waals surface area contributed by atoms with Gasteiger partial charge in [0.15, 0.2) is 0 Å². The quantitative estimate of drug-likeness (QED) is 0.609. The number of hydrogen-bond donors (Lipinski definition) is 1. The first-order chi connectivity index (χ1) is 14.1. The summed E-state index contributed by atoms with van der Waals surface area (Å²) in [5.74, 6) is 0.0234. The van der Waals surface area contributed by atoms with Gasteiger partial charge in [-0.3, -0.25) is 9.69 Å². The lowest BCUT2D eigenvalue weighted by atomic mass is 10.0. The first-order valence-corrected chi connectivity index (χ1v) is 10.8. The molecule has 1 aliphatic rings. The van der Waals surface area contributed by atoms with Crippen LogP contribution in [-0.2, 0) is 13.1 Å². The molecule has 0 spiro atoms. The van der Waals surface area contributed by atoms with E-state index in [1.807, 2.05) is 17.6 Å². The largest absolute Gasteiger partial charge is 0.347 e. The van der Waals surface area contributed by atoms with E-state index in [2.05, 4.69) is 15.2 Å². The molecule has 1 amide bonds. The Balaban J connectivity index is 1.34. The van der Waals surface area contributed by atoms with Gasteiger partial charge in [0.2, 0.25) is 0 Å². The van der Waals surface area contributed by atoms with Crippen molar-refractivity contribution >= 4 is 28.8 Å². The number of hydrogen-bond acceptors (Lipinski definition) is 4. The van der Waals surface area contributed by atoms with Gasteiger partial charge in [-0.15, -0.1) is 11.3 Å². The lowest BCUT2D eigenvalue weighted by Crippen LogP contribution is -2.23. The Hall–Kier alpha value is -2.28. The second-order valence-electron chi connectivity index (χ2n) is 7.20. The maximum atomic E-state index is 13.1. The molecule has 1 aromatic heterocycles. The number of carbonyl (C=O) groups excluding carboxylic acids is 1. The van der Waals surface area contributed by atoms with Crippen LogP contribution in [0, 0.1) is 5.82 Å². The van der Waals surface area contributed by atoms with Crippen LogP contribution in [0.3, 0.4) is 0 Å². The fourth-order valence-corrected chi connectivity index (χ4v) is 4.57. The minimum absolute atomic E-state index is 0.120. The number of amides is 1. The zero-order chi connectivity index (χ0) is 20.2. The fraction of sp³-hybridized carbons (Fsp3) is 0.273. The van der Waals surface area contributed by atoms with Crippen molar-refractivity contribution in [2.24, 2.45) is 0 Å². The lowest BCUT2D eigenvalue weighted by Gasteiger charge is -2.16. The van der Waals surface area contributed by atoms with E-state index in [-0.39, 0.29) is 11.7 Å². The molecule has 0 saturated carbocycles. The zero-order valence-corrected chi connectivity index (χ0v) is 17.3. The molecule has 1 N–H and O–H groups in total. The molecular formula is C22H21ClFN3OS. The molecule has 4 nitrogen and oxygen atoms in total. The number of thiazole rings is 1. The summed E-state index contributed by atoms with van der Waals surface area (Å²) in [7, 11) is 0. The summed E-state index contributed by atoms with van der Waals surface area (Å²) in [6, 6.07) is 13.5. The molecule has 1 unspecified atom stereocenters. The van der Waals surface area contributed by atoms with Crippen LogP contribution in [0.4, 0.5) is 4.39 Å². The minimum atomic E-state index is -0.208. The second-order valence-corrected chi connectivity index (χ2v) is 8.57. The summed E-state index contributed by atoms with van der Waals surface area (Å²) < 4.78 is 13.1. The van der Waals surface area contributed by atoms with E-state index < -0.39 is 0 Å². The number of nitrogens with one attached hydrogen (secondary N) is 1. The predicted molar refractivity (Wildman–Crippen MR) is 114 cm³/mol. The Bertz CT molecular complexity index is 974. The van der Waals surface area contributed by atoms with Crippen LogP contribution < -0.4 is 5.32 Å². The molecular weight excluding hydrogens is 409 g/mol. The number of aromatic nitrogens is 1. The van der Waals surface area contributed by atoms with E-state index >= 15 is 0 Å².